The molecule has 2 rings (SSSR count). The smallest absolute Gasteiger partial charge is 0.246 e. The van der Waals surface area contributed by atoms with Crippen LogP contribution in [0, 0.1) is 24.2 Å². The molecule has 20 heavy (non-hydrogen) atoms. The highest BCUT2D eigenvalue weighted by atomic mass is 16.5. The van der Waals surface area contributed by atoms with Crippen LogP contribution >= 0.6 is 0 Å². The molecule has 6 heteroatoms. The Bertz CT molecular complexity index is 483. The molecule has 1 heterocycles. The molecule has 3 N–H and O–H groups in total. The summed E-state index contributed by atoms with van der Waals surface area (Å²) >= 11 is 0. The Hall–Kier alpha value is -1.43. The summed E-state index contributed by atoms with van der Waals surface area (Å²) in [6.07, 6.45) is 1.72. The van der Waals surface area contributed by atoms with Gasteiger partial charge in [-0.3, -0.25) is 4.79 Å². The van der Waals surface area contributed by atoms with Gasteiger partial charge in [-0.2, -0.15) is 4.98 Å². The van der Waals surface area contributed by atoms with E-state index >= 15 is 0 Å². The van der Waals surface area contributed by atoms with Crippen molar-refractivity contribution in [3.05, 3.63) is 11.7 Å². The van der Waals surface area contributed by atoms with Crippen molar-refractivity contribution in [2.45, 2.75) is 53.1 Å². The second kappa shape index (κ2) is 5.52. The molecule has 1 saturated carbocycles. The van der Waals surface area contributed by atoms with Gasteiger partial charge in [-0.25, -0.2) is 0 Å². The van der Waals surface area contributed by atoms with Crippen LogP contribution in [-0.2, 0) is 11.3 Å². The van der Waals surface area contributed by atoms with Crippen LogP contribution in [0.1, 0.15) is 45.3 Å². The van der Waals surface area contributed by atoms with Gasteiger partial charge in [-0.1, -0.05) is 25.9 Å². The van der Waals surface area contributed by atoms with Crippen molar-refractivity contribution in [3.8, 4) is 0 Å². The number of aromatic nitrogens is 2. The van der Waals surface area contributed by atoms with Gasteiger partial charge in [0.05, 0.1) is 6.54 Å². The van der Waals surface area contributed by atoms with E-state index in [2.05, 4.69) is 36.2 Å². The average molecular weight is 280 g/mol. The number of nitrogens with two attached hydrogens (primary N) is 1. The third-order valence-electron chi connectivity index (χ3n) is 4.80. The Morgan fingerprint density at radius 2 is 2.20 bits per heavy atom. The third kappa shape index (κ3) is 2.85. The van der Waals surface area contributed by atoms with Crippen LogP contribution in [0.25, 0.3) is 0 Å². The van der Waals surface area contributed by atoms with Crippen LogP contribution in [0.4, 0.5) is 0 Å². The summed E-state index contributed by atoms with van der Waals surface area (Å²) in [6.45, 7) is 8.41. The lowest BCUT2D eigenvalue weighted by Crippen LogP contribution is -2.51. The van der Waals surface area contributed by atoms with Crippen LogP contribution < -0.4 is 11.1 Å². The molecular weight excluding hydrogens is 256 g/mol. The lowest BCUT2D eigenvalue weighted by atomic mass is 9.61. The maximum absolute atomic E-state index is 12.4. The predicted octanol–water partition coefficient (Wildman–Crippen LogP) is 1.39. The van der Waals surface area contributed by atoms with E-state index in [1.807, 2.05) is 0 Å². The molecule has 1 amide bonds. The Balaban J connectivity index is 1.98. The van der Waals surface area contributed by atoms with Crippen molar-refractivity contribution in [1.29, 1.82) is 0 Å². The minimum atomic E-state index is -0.105. The van der Waals surface area contributed by atoms with Crippen LogP contribution in [0.5, 0.6) is 0 Å². The molecule has 0 saturated heterocycles. The maximum atomic E-state index is 12.4. The number of amides is 1. The van der Waals surface area contributed by atoms with Crippen LogP contribution in [0.15, 0.2) is 4.52 Å². The fourth-order valence-corrected chi connectivity index (χ4v) is 3.02. The molecule has 0 bridgehead atoms. The van der Waals surface area contributed by atoms with Gasteiger partial charge >= 0.3 is 0 Å². The third-order valence-corrected chi connectivity index (χ3v) is 4.80. The summed E-state index contributed by atoms with van der Waals surface area (Å²) < 4.78 is 5.00. The van der Waals surface area contributed by atoms with Crippen molar-refractivity contribution in [1.82, 2.24) is 15.5 Å². The van der Waals surface area contributed by atoms with E-state index < -0.39 is 0 Å². The Morgan fingerprint density at radius 1 is 1.50 bits per heavy atom. The first-order valence-electron chi connectivity index (χ1n) is 7.15. The summed E-state index contributed by atoms with van der Waals surface area (Å²) in [4.78, 5) is 16.5. The molecule has 1 aliphatic rings. The lowest BCUT2D eigenvalue weighted by Gasteiger charge is -2.45. The van der Waals surface area contributed by atoms with Gasteiger partial charge in [0, 0.05) is 12.0 Å². The van der Waals surface area contributed by atoms with Gasteiger partial charge in [0.15, 0.2) is 5.82 Å². The topological polar surface area (TPSA) is 94.0 Å². The molecule has 1 aromatic rings. The van der Waals surface area contributed by atoms with E-state index in [1.54, 1.807) is 6.92 Å². The molecule has 3 unspecified atom stereocenters. The molecule has 112 valence electrons. The number of hydrogen-bond donors (Lipinski definition) is 2. The fraction of sp³-hybridized carbons (Fsp3) is 0.786. The maximum Gasteiger partial charge on any atom is 0.246 e. The number of carbonyl (C=O) groups is 1. The molecule has 6 nitrogen and oxygen atoms in total. The summed E-state index contributed by atoms with van der Waals surface area (Å²) in [5, 5.41) is 6.60. The van der Waals surface area contributed by atoms with E-state index in [0.29, 0.717) is 17.6 Å². The largest absolute Gasteiger partial charge is 0.347 e. The molecule has 1 aromatic heterocycles. The minimum Gasteiger partial charge on any atom is -0.347 e. The average Bonchev–Trinajstić information content (AvgIpc) is 2.79. The van der Waals surface area contributed by atoms with Crippen LogP contribution in [0.2, 0.25) is 0 Å². The van der Waals surface area contributed by atoms with Gasteiger partial charge in [-0.05, 0) is 31.1 Å². The monoisotopic (exact) mass is 280 g/mol. The molecule has 0 aromatic carbocycles. The number of carbonyl (C=O) groups excluding carboxylic acids is 1. The highest BCUT2D eigenvalue weighted by Gasteiger charge is 2.44. The van der Waals surface area contributed by atoms with E-state index in [-0.39, 0.29) is 29.8 Å². The number of aryl methyl sites for hydroxylation is 1. The summed E-state index contributed by atoms with van der Waals surface area (Å²) in [6, 6.07) is 0.174. The molecule has 0 radical (unpaired) electrons. The summed E-state index contributed by atoms with van der Waals surface area (Å²) in [5.74, 6) is 1.35. The zero-order valence-corrected chi connectivity index (χ0v) is 12.6. The number of nitrogens with one attached hydrogen (secondary N) is 1. The normalized spacial score (nSPS) is 29.1. The minimum absolute atomic E-state index is 0.0266. The number of nitrogens with zero attached hydrogens (tertiary/aromatic N) is 2. The van der Waals surface area contributed by atoms with Crippen LogP contribution in [-0.4, -0.2) is 22.1 Å². The van der Waals surface area contributed by atoms with Gasteiger partial charge in [-0.15, -0.1) is 0 Å². The van der Waals surface area contributed by atoms with Crippen molar-refractivity contribution in [2.24, 2.45) is 23.0 Å². The van der Waals surface area contributed by atoms with E-state index in [4.69, 9.17) is 10.3 Å². The highest BCUT2D eigenvalue weighted by molar-refractivity contribution is 5.79. The first kappa shape index (κ1) is 15.0. The van der Waals surface area contributed by atoms with E-state index in [9.17, 15) is 4.79 Å². The zero-order valence-electron chi connectivity index (χ0n) is 12.6. The second-order valence-corrected chi connectivity index (χ2v) is 6.36. The van der Waals surface area contributed by atoms with Crippen molar-refractivity contribution in [3.63, 3.8) is 0 Å². The van der Waals surface area contributed by atoms with E-state index in [0.717, 1.165) is 12.8 Å². The van der Waals surface area contributed by atoms with Crippen molar-refractivity contribution >= 4 is 5.91 Å². The fourth-order valence-electron chi connectivity index (χ4n) is 3.02. The molecule has 0 spiro atoms. The second-order valence-electron chi connectivity index (χ2n) is 6.36. The predicted molar refractivity (Wildman–Crippen MR) is 74.5 cm³/mol. The zero-order chi connectivity index (χ0) is 14.9. The van der Waals surface area contributed by atoms with Gasteiger partial charge in [0.2, 0.25) is 11.8 Å². The van der Waals surface area contributed by atoms with Gasteiger partial charge in [0.1, 0.15) is 0 Å². The molecule has 1 fully saturated rings. The van der Waals surface area contributed by atoms with Crippen LogP contribution in [0.3, 0.4) is 0 Å². The Kier molecular flexibility index (Phi) is 4.13. The number of rotatable bonds is 3. The first-order chi connectivity index (χ1) is 9.32. The summed E-state index contributed by atoms with van der Waals surface area (Å²) in [7, 11) is 0. The van der Waals surface area contributed by atoms with Gasteiger partial charge < -0.3 is 15.6 Å². The lowest BCUT2D eigenvalue weighted by molar-refractivity contribution is -0.132. The highest BCUT2D eigenvalue weighted by Crippen LogP contribution is 2.44. The molecular formula is C14H24N4O2. The van der Waals surface area contributed by atoms with E-state index in [1.165, 1.54) is 0 Å². The quantitative estimate of drug-likeness (QED) is 0.872. The standard InChI is InChI=1S/C14H24N4O2/c1-8-11(15)6-5-10(14(8,3)4)13(19)16-7-12-17-9(2)18-20-12/h8,10-11H,5-7,15H2,1-4H3,(H,16,19). The number of hydrogen-bond acceptors (Lipinski definition) is 5. The van der Waals surface area contributed by atoms with Gasteiger partial charge in [0.25, 0.3) is 0 Å². The Morgan fingerprint density at radius 3 is 2.80 bits per heavy atom. The Labute approximate surface area is 119 Å². The molecule has 1 aliphatic carbocycles. The SMILES string of the molecule is Cc1noc(CNC(=O)C2CCC(N)C(C)C2(C)C)n1. The summed E-state index contributed by atoms with van der Waals surface area (Å²) in [5.41, 5.74) is 6.01. The van der Waals surface area contributed by atoms with Crippen molar-refractivity contribution in [2.75, 3.05) is 0 Å². The first-order valence-corrected chi connectivity index (χ1v) is 7.15. The van der Waals surface area contributed by atoms with Crippen molar-refractivity contribution < 1.29 is 9.32 Å². The molecule has 0 aliphatic heterocycles. The molecule has 3 atom stereocenters.